The molecule has 0 fully saturated rings. The van der Waals surface area contributed by atoms with E-state index in [0.29, 0.717) is 28.2 Å². The van der Waals surface area contributed by atoms with Gasteiger partial charge in [0.05, 0.1) is 22.6 Å². The molecule has 8 heteroatoms. The van der Waals surface area contributed by atoms with Crippen molar-refractivity contribution >= 4 is 40.4 Å². The van der Waals surface area contributed by atoms with E-state index in [4.69, 9.17) is 17.3 Å². The average Bonchev–Trinajstić information content (AvgIpc) is 2.88. The van der Waals surface area contributed by atoms with Gasteiger partial charge in [0.25, 0.3) is 0 Å². The highest BCUT2D eigenvalue weighted by Gasteiger charge is 2.05. The molecule has 0 radical (unpaired) electrons. The highest BCUT2D eigenvalue weighted by Crippen LogP contribution is 2.27. The van der Waals surface area contributed by atoms with E-state index < -0.39 is 0 Å². The maximum absolute atomic E-state index is 6.13. The molecule has 0 spiro atoms. The first-order valence-electron chi connectivity index (χ1n) is 6.51. The van der Waals surface area contributed by atoms with Crippen LogP contribution in [0.2, 0.25) is 5.02 Å². The van der Waals surface area contributed by atoms with E-state index in [0.717, 1.165) is 5.69 Å². The third kappa shape index (κ3) is 3.26. The van der Waals surface area contributed by atoms with Gasteiger partial charge in [0.1, 0.15) is 5.82 Å². The van der Waals surface area contributed by atoms with Gasteiger partial charge in [-0.15, -0.1) is 0 Å². The number of hydrogen-bond donors (Lipinski definition) is 3. The molecule has 0 atom stereocenters. The first kappa shape index (κ1) is 14.2. The zero-order valence-electron chi connectivity index (χ0n) is 11.8. The first-order valence-corrected chi connectivity index (χ1v) is 6.89. The molecule has 112 valence electrons. The highest BCUT2D eigenvalue weighted by molar-refractivity contribution is 6.33. The zero-order valence-corrected chi connectivity index (χ0v) is 12.5. The zero-order chi connectivity index (χ0) is 15.5. The van der Waals surface area contributed by atoms with Gasteiger partial charge in [0.2, 0.25) is 5.95 Å². The van der Waals surface area contributed by atoms with E-state index in [1.807, 2.05) is 13.2 Å². The van der Waals surface area contributed by atoms with Crippen LogP contribution in [0, 0.1) is 0 Å². The number of hydrogen-bond acceptors (Lipinski definition) is 6. The Morgan fingerprint density at radius 1 is 1.23 bits per heavy atom. The van der Waals surface area contributed by atoms with E-state index in [1.54, 1.807) is 41.3 Å². The second-order valence-corrected chi connectivity index (χ2v) is 5.06. The minimum absolute atomic E-state index is 0.457. The van der Waals surface area contributed by atoms with E-state index in [1.165, 1.54) is 0 Å². The minimum Gasteiger partial charge on any atom is -0.399 e. The summed E-state index contributed by atoms with van der Waals surface area (Å²) in [6.07, 6.45) is 5.17. The number of nitrogens with one attached hydrogen (secondary N) is 2. The van der Waals surface area contributed by atoms with Gasteiger partial charge in [-0.25, -0.2) is 4.98 Å². The lowest BCUT2D eigenvalue weighted by Gasteiger charge is -2.09. The number of nitrogens with zero attached hydrogens (tertiary/aromatic N) is 4. The molecular weight excluding hydrogens is 302 g/mol. The molecule has 2 heterocycles. The molecule has 1 aromatic carbocycles. The third-order valence-electron chi connectivity index (χ3n) is 2.87. The van der Waals surface area contributed by atoms with Gasteiger partial charge in [0, 0.05) is 25.1 Å². The third-order valence-corrected chi connectivity index (χ3v) is 3.20. The summed E-state index contributed by atoms with van der Waals surface area (Å²) in [5.41, 5.74) is 7.88. The van der Waals surface area contributed by atoms with Crippen molar-refractivity contribution in [3.8, 4) is 0 Å². The molecule has 4 N–H and O–H groups in total. The Morgan fingerprint density at radius 2 is 2.09 bits per heavy atom. The summed E-state index contributed by atoms with van der Waals surface area (Å²) in [5, 5.41) is 10.8. The molecule has 0 aliphatic rings. The monoisotopic (exact) mass is 315 g/mol. The number of nitrogens with two attached hydrogens (primary N) is 1. The lowest BCUT2D eigenvalue weighted by molar-refractivity contribution is 0.768. The van der Waals surface area contributed by atoms with Crippen LogP contribution in [-0.4, -0.2) is 19.7 Å². The van der Waals surface area contributed by atoms with E-state index in [2.05, 4.69) is 25.7 Å². The SMILES string of the molecule is Cn1cc(Nc2nccc(Nc3cc(N)ccc3Cl)n2)cn1. The first-order chi connectivity index (χ1) is 10.6. The normalized spacial score (nSPS) is 10.5. The number of benzene rings is 1. The largest absolute Gasteiger partial charge is 0.399 e. The van der Waals surface area contributed by atoms with Crippen molar-refractivity contribution in [2.75, 3.05) is 16.4 Å². The molecule has 22 heavy (non-hydrogen) atoms. The van der Waals surface area contributed by atoms with Gasteiger partial charge < -0.3 is 16.4 Å². The van der Waals surface area contributed by atoms with Crippen molar-refractivity contribution in [1.82, 2.24) is 19.7 Å². The van der Waals surface area contributed by atoms with Crippen molar-refractivity contribution in [3.63, 3.8) is 0 Å². The van der Waals surface area contributed by atoms with Gasteiger partial charge in [-0.3, -0.25) is 4.68 Å². The molecule has 0 unspecified atom stereocenters. The summed E-state index contributed by atoms with van der Waals surface area (Å²) in [4.78, 5) is 8.54. The van der Waals surface area contributed by atoms with Crippen LogP contribution in [0.4, 0.5) is 28.8 Å². The molecule has 0 saturated carbocycles. The summed E-state index contributed by atoms with van der Waals surface area (Å²) in [6.45, 7) is 0. The van der Waals surface area contributed by atoms with E-state index in [-0.39, 0.29) is 0 Å². The molecule has 0 saturated heterocycles. The predicted molar refractivity (Wildman–Crippen MR) is 87.7 cm³/mol. The molecular formula is C14H14ClN7. The molecule has 0 aliphatic carbocycles. The average molecular weight is 316 g/mol. The van der Waals surface area contributed by atoms with Crippen molar-refractivity contribution < 1.29 is 0 Å². The number of nitrogen functional groups attached to an aromatic ring is 1. The fourth-order valence-electron chi connectivity index (χ4n) is 1.88. The van der Waals surface area contributed by atoms with Crippen molar-refractivity contribution in [2.24, 2.45) is 7.05 Å². The minimum atomic E-state index is 0.457. The Balaban J connectivity index is 1.80. The molecule has 0 bridgehead atoms. The van der Waals surface area contributed by atoms with E-state index >= 15 is 0 Å². The Morgan fingerprint density at radius 3 is 2.86 bits per heavy atom. The number of aromatic nitrogens is 4. The Bertz CT molecular complexity index is 799. The van der Waals surface area contributed by atoms with Gasteiger partial charge in [0.15, 0.2) is 0 Å². The second kappa shape index (κ2) is 5.90. The number of aryl methyl sites for hydroxylation is 1. The fourth-order valence-corrected chi connectivity index (χ4v) is 2.04. The van der Waals surface area contributed by atoms with Crippen LogP contribution in [0.15, 0.2) is 42.9 Å². The number of halogens is 1. The van der Waals surface area contributed by atoms with Gasteiger partial charge in [-0.05, 0) is 24.3 Å². The predicted octanol–water partition coefficient (Wildman–Crippen LogP) is 2.93. The van der Waals surface area contributed by atoms with Crippen LogP contribution in [0.3, 0.4) is 0 Å². The van der Waals surface area contributed by atoms with Crippen LogP contribution in [0.5, 0.6) is 0 Å². The van der Waals surface area contributed by atoms with Gasteiger partial charge in [-0.1, -0.05) is 11.6 Å². The van der Waals surface area contributed by atoms with Gasteiger partial charge >= 0.3 is 0 Å². The molecule has 0 amide bonds. The van der Waals surface area contributed by atoms with Crippen LogP contribution < -0.4 is 16.4 Å². The summed E-state index contributed by atoms with van der Waals surface area (Å²) < 4.78 is 1.69. The van der Waals surface area contributed by atoms with Crippen LogP contribution in [-0.2, 0) is 7.05 Å². The molecule has 3 rings (SSSR count). The molecule has 7 nitrogen and oxygen atoms in total. The van der Waals surface area contributed by atoms with Gasteiger partial charge in [-0.2, -0.15) is 10.1 Å². The molecule has 2 aromatic heterocycles. The van der Waals surface area contributed by atoms with Crippen LogP contribution in [0.1, 0.15) is 0 Å². The van der Waals surface area contributed by atoms with Crippen molar-refractivity contribution in [2.45, 2.75) is 0 Å². The Labute approximate surface area is 132 Å². The maximum atomic E-state index is 6.13. The summed E-state index contributed by atoms with van der Waals surface area (Å²) in [7, 11) is 1.84. The quantitative estimate of drug-likeness (QED) is 0.641. The summed E-state index contributed by atoms with van der Waals surface area (Å²) >= 11 is 6.13. The van der Waals surface area contributed by atoms with Crippen LogP contribution in [0.25, 0.3) is 0 Å². The fraction of sp³-hybridized carbons (Fsp3) is 0.0714. The molecule has 3 aromatic rings. The second-order valence-electron chi connectivity index (χ2n) is 4.66. The van der Waals surface area contributed by atoms with Crippen LogP contribution >= 0.6 is 11.6 Å². The summed E-state index contributed by atoms with van der Waals surface area (Å²) in [5.74, 6) is 1.06. The van der Waals surface area contributed by atoms with Crippen molar-refractivity contribution in [1.29, 1.82) is 0 Å². The molecule has 0 aliphatic heterocycles. The van der Waals surface area contributed by atoms with E-state index in [9.17, 15) is 0 Å². The smallest absolute Gasteiger partial charge is 0.229 e. The number of anilines is 5. The Kier molecular flexibility index (Phi) is 3.80. The standard InChI is InChI=1S/C14H14ClN7/c1-22-8-10(7-18-22)19-14-17-5-4-13(21-14)20-12-6-9(16)2-3-11(12)15/h2-8H,16H2,1H3,(H2,17,19,20,21). The number of rotatable bonds is 4. The topological polar surface area (TPSA) is 93.7 Å². The Hall–Kier alpha value is -2.80. The maximum Gasteiger partial charge on any atom is 0.229 e. The van der Waals surface area contributed by atoms with Crippen molar-refractivity contribution in [3.05, 3.63) is 47.9 Å². The summed E-state index contributed by atoms with van der Waals surface area (Å²) in [6, 6.07) is 6.96. The highest BCUT2D eigenvalue weighted by atomic mass is 35.5. The lowest BCUT2D eigenvalue weighted by atomic mass is 10.3. The lowest BCUT2D eigenvalue weighted by Crippen LogP contribution is -2.00.